The minimum absolute atomic E-state index is 0.166. The SMILES string of the molecule is CN(C)CC(=O)N1CCO[C@@H]2CC(COCc3ccncc3)C[C@H]21. The van der Waals surface area contributed by atoms with Gasteiger partial charge in [0.15, 0.2) is 0 Å². The Balaban J connectivity index is 1.50. The van der Waals surface area contributed by atoms with Gasteiger partial charge in [-0.3, -0.25) is 9.78 Å². The molecule has 1 aliphatic carbocycles. The molecule has 6 heteroatoms. The lowest BCUT2D eigenvalue weighted by atomic mass is 10.1. The van der Waals surface area contributed by atoms with E-state index < -0.39 is 0 Å². The largest absolute Gasteiger partial charge is 0.376 e. The molecule has 0 radical (unpaired) electrons. The third kappa shape index (κ3) is 4.32. The van der Waals surface area contributed by atoms with Crippen LogP contribution in [0, 0.1) is 5.92 Å². The predicted molar refractivity (Wildman–Crippen MR) is 90.4 cm³/mol. The summed E-state index contributed by atoms with van der Waals surface area (Å²) in [7, 11) is 3.86. The second-order valence-electron chi connectivity index (χ2n) is 7.01. The van der Waals surface area contributed by atoms with Crippen molar-refractivity contribution in [3.8, 4) is 0 Å². The fourth-order valence-electron chi connectivity index (χ4n) is 3.68. The molecule has 1 unspecified atom stereocenters. The van der Waals surface area contributed by atoms with E-state index in [2.05, 4.69) is 4.98 Å². The molecule has 1 amide bonds. The highest BCUT2D eigenvalue weighted by atomic mass is 16.5. The number of nitrogens with zero attached hydrogens (tertiary/aromatic N) is 3. The monoisotopic (exact) mass is 333 g/mol. The number of ether oxygens (including phenoxy) is 2. The van der Waals surface area contributed by atoms with Crippen molar-refractivity contribution in [1.82, 2.24) is 14.8 Å². The third-order valence-corrected chi connectivity index (χ3v) is 4.78. The molecule has 0 aromatic carbocycles. The van der Waals surface area contributed by atoms with Gasteiger partial charge in [0.05, 0.1) is 38.5 Å². The van der Waals surface area contributed by atoms with Crippen LogP contribution in [0.4, 0.5) is 0 Å². The Labute approximate surface area is 143 Å². The minimum Gasteiger partial charge on any atom is -0.376 e. The van der Waals surface area contributed by atoms with E-state index in [-0.39, 0.29) is 18.1 Å². The molecule has 1 aromatic heterocycles. The fraction of sp³-hybridized carbons (Fsp3) is 0.667. The van der Waals surface area contributed by atoms with Crippen LogP contribution in [-0.2, 0) is 20.9 Å². The number of hydrogen-bond donors (Lipinski definition) is 0. The number of fused-ring (bicyclic) bond motifs is 1. The van der Waals surface area contributed by atoms with Crippen LogP contribution in [-0.4, -0.2) is 73.2 Å². The quantitative estimate of drug-likeness (QED) is 0.782. The molecule has 1 aliphatic heterocycles. The van der Waals surface area contributed by atoms with Crippen LogP contribution >= 0.6 is 0 Å². The summed E-state index contributed by atoms with van der Waals surface area (Å²) in [5.74, 6) is 0.659. The Morgan fingerprint density at radius 2 is 2.17 bits per heavy atom. The summed E-state index contributed by atoms with van der Waals surface area (Å²) in [5.41, 5.74) is 1.14. The molecule has 3 atom stereocenters. The number of pyridine rings is 1. The number of rotatable bonds is 6. The lowest BCUT2D eigenvalue weighted by Crippen LogP contribution is -2.53. The summed E-state index contributed by atoms with van der Waals surface area (Å²) in [6, 6.07) is 4.15. The van der Waals surface area contributed by atoms with Crippen molar-refractivity contribution >= 4 is 5.91 Å². The summed E-state index contributed by atoms with van der Waals surface area (Å²) < 4.78 is 11.8. The van der Waals surface area contributed by atoms with Crippen molar-refractivity contribution in [1.29, 1.82) is 0 Å². The molecule has 3 rings (SSSR count). The summed E-state index contributed by atoms with van der Waals surface area (Å²) in [4.78, 5) is 20.4. The second-order valence-corrected chi connectivity index (χ2v) is 7.01. The maximum atomic E-state index is 12.4. The van der Waals surface area contributed by atoms with Gasteiger partial charge in [-0.25, -0.2) is 0 Å². The molecule has 6 nitrogen and oxygen atoms in total. The van der Waals surface area contributed by atoms with Crippen molar-refractivity contribution in [2.75, 3.05) is 40.4 Å². The predicted octanol–water partition coefficient (Wildman–Crippen LogP) is 1.17. The second kappa shape index (κ2) is 8.05. The summed E-state index contributed by atoms with van der Waals surface area (Å²) >= 11 is 0. The van der Waals surface area contributed by atoms with Crippen molar-refractivity contribution in [3.05, 3.63) is 30.1 Å². The maximum Gasteiger partial charge on any atom is 0.237 e. The van der Waals surface area contributed by atoms with E-state index in [4.69, 9.17) is 9.47 Å². The first-order valence-corrected chi connectivity index (χ1v) is 8.66. The average Bonchev–Trinajstić information content (AvgIpc) is 2.97. The van der Waals surface area contributed by atoms with Gasteiger partial charge in [0.1, 0.15) is 0 Å². The first-order chi connectivity index (χ1) is 11.6. The van der Waals surface area contributed by atoms with Crippen molar-refractivity contribution in [2.45, 2.75) is 31.6 Å². The molecule has 0 N–H and O–H groups in total. The van der Waals surface area contributed by atoms with E-state index >= 15 is 0 Å². The summed E-state index contributed by atoms with van der Waals surface area (Å²) in [6.45, 7) is 3.14. The van der Waals surface area contributed by atoms with Gasteiger partial charge in [-0.15, -0.1) is 0 Å². The van der Waals surface area contributed by atoms with E-state index in [0.29, 0.717) is 38.8 Å². The van der Waals surface area contributed by atoms with E-state index in [0.717, 1.165) is 18.4 Å². The number of carbonyl (C=O) groups is 1. The molecular formula is C18H27N3O3. The minimum atomic E-state index is 0.166. The van der Waals surface area contributed by atoms with Gasteiger partial charge in [-0.05, 0) is 50.6 Å². The first kappa shape index (κ1) is 17.3. The molecule has 24 heavy (non-hydrogen) atoms. The zero-order valence-electron chi connectivity index (χ0n) is 14.6. The molecule has 0 bridgehead atoms. The highest BCUT2D eigenvalue weighted by Gasteiger charge is 2.42. The standard InChI is InChI=1S/C18H27N3O3/c1-20(2)11-18(22)21-7-8-24-17-10-15(9-16(17)21)13-23-12-14-3-5-19-6-4-14/h3-6,15-17H,7-13H2,1-2H3/t15?,16-,17-/m1/s1. The van der Waals surface area contributed by atoms with Crippen LogP contribution in [0.2, 0.25) is 0 Å². The smallest absolute Gasteiger partial charge is 0.237 e. The molecule has 0 spiro atoms. The number of carbonyl (C=O) groups excluding carboxylic acids is 1. The molecule has 132 valence electrons. The molecular weight excluding hydrogens is 306 g/mol. The Morgan fingerprint density at radius 3 is 2.92 bits per heavy atom. The lowest BCUT2D eigenvalue weighted by Gasteiger charge is -2.38. The molecule has 2 aliphatic rings. The summed E-state index contributed by atoms with van der Waals surface area (Å²) in [6.07, 6.45) is 5.68. The maximum absolute atomic E-state index is 12.4. The van der Waals surface area contributed by atoms with E-state index in [9.17, 15) is 4.79 Å². The zero-order chi connectivity index (χ0) is 16.9. The number of morpholine rings is 1. The Bertz CT molecular complexity index is 538. The molecule has 2 heterocycles. The fourth-order valence-corrected chi connectivity index (χ4v) is 3.68. The molecule has 1 saturated heterocycles. The highest BCUT2D eigenvalue weighted by molar-refractivity contribution is 5.78. The van der Waals surface area contributed by atoms with Crippen molar-refractivity contribution in [2.24, 2.45) is 5.92 Å². The Kier molecular flexibility index (Phi) is 5.81. The van der Waals surface area contributed by atoms with Crippen molar-refractivity contribution in [3.63, 3.8) is 0 Å². The van der Waals surface area contributed by atoms with Gasteiger partial charge >= 0.3 is 0 Å². The van der Waals surface area contributed by atoms with Crippen LogP contribution in [0.5, 0.6) is 0 Å². The Hall–Kier alpha value is -1.50. The van der Waals surface area contributed by atoms with Crippen LogP contribution in [0.3, 0.4) is 0 Å². The molecule has 2 fully saturated rings. The van der Waals surface area contributed by atoms with Gasteiger partial charge in [0.25, 0.3) is 0 Å². The van der Waals surface area contributed by atoms with Crippen molar-refractivity contribution < 1.29 is 14.3 Å². The van der Waals surface area contributed by atoms with Crippen LogP contribution in [0.1, 0.15) is 18.4 Å². The number of aromatic nitrogens is 1. The third-order valence-electron chi connectivity index (χ3n) is 4.78. The summed E-state index contributed by atoms with van der Waals surface area (Å²) in [5, 5.41) is 0. The van der Waals surface area contributed by atoms with Crippen LogP contribution in [0.15, 0.2) is 24.5 Å². The molecule has 1 saturated carbocycles. The zero-order valence-corrected chi connectivity index (χ0v) is 14.6. The Morgan fingerprint density at radius 1 is 1.38 bits per heavy atom. The molecule has 1 aromatic rings. The van der Waals surface area contributed by atoms with Gasteiger partial charge in [-0.2, -0.15) is 0 Å². The average molecular weight is 333 g/mol. The van der Waals surface area contributed by atoms with E-state index in [1.54, 1.807) is 12.4 Å². The number of likely N-dealkylation sites (N-methyl/N-ethyl adjacent to an activating group) is 1. The van der Waals surface area contributed by atoms with Crippen LogP contribution in [0.25, 0.3) is 0 Å². The van der Waals surface area contributed by atoms with Crippen LogP contribution < -0.4 is 0 Å². The first-order valence-electron chi connectivity index (χ1n) is 8.66. The van der Waals surface area contributed by atoms with E-state index in [1.807, 2.05) is 36.0 Å². The normalized spacial score (nSPS) is 26.6. The van der Waals surface area contributed by atoms with E-state index in [1.165, 1.54) is 0 Å². The number of amides is 1. The van der Waals surface area contributed by atoms with Gasteiger partial charge in [0, 0.05) is 18.9 Å². The lowest BCUT2D eigenvalue weighted by molar-refractivity contribution is -0.144. The van der Waals surface area contributed by atoms with Gasteiger partial charge in [0.2, 0.25) is 5.91 Å². The topological polar surface area (TPSA) is 54.9 Å². The van der Waals surface area contributed by atoms with Gasteiger partial charge in [-0.1, -0.05) is 0 Å². The van der Waals surface area contributed by atoms with Gasteiger partial charge < -0.3 is 19.3 Å². The number of hydrogen-bond acceptors (Lipinski definition) is 5. The highest BCUT2D eigenvalue weighted by Crippen LogP contribution is 2.34.